The highest BCUT2D eigenvalue weighted by Crippen LogP contribution is 2.53. The fourth-order valence-corrected chi connectivity index (χ4v) is 1.18. The van der Waals surface area contributed by atoms with E-state index in [1.165, 1.54) is 24.0 Å². The van der Waals surface area contributed by atoms with Crippen LogP contribution in [0.15, 0.2) is 16.9 Å². The first-order valence-corrected chi connectivity index (χ1v) is 4.02. The van der Waals surface area contributed by atoms with Crippen molar-refractivity contribution in [3.05, 3.63) is 16.9 Å². The Bertz CT molecular complexity index is 200. The molecule has 0 bridgehead atoms. The van der Waals surface area contributed by atoms with Crippen LogP contribution in [0.3, 0.4) is 0 Å². The SMILES string of the molecule is CCC1(C)CC1=C=C(C)C. The molecule has 10 heavy (non-hydrogen) atoms. The second-order valence-corrected chi connectivity index (χ2v) is 3.69. The van der Waals surface area contributed by atoms with Gasteiger partial charge in [-0.05, 0) is 37.8 Å². The first-order valence-electron chi connectivity index (χ1n) is 4.02. The molecular weight excluding hydrogens is 120 g/mol. The van der Waals surface area contributed by atoms with Crippen molar-refractivity contribution in [3.63, 3.8) is 0 Å². The largest absolute Gasteiger partial charge is 0.123 e. The molecule has 0 heterocycles. The fraction of sp³-hybridized carbons (Fsp3) is 0.700. The topological polar surface area (TPSA) is 0 Å². The smallest absolute Gasteiger partial charge is 0.0000571 e. The van der Waals surface area contributed by atoms with Gasteiger partial charge in [-0.2, -0.15) is 0 Å². The van der Waals surface area contributed by atoms with Crippen LogP contribution in [-0.4, -0.2) is 0 Å². The maximum absolute atomic E-state index is 3.39. The predicted molar refractivity (Wildman–Crippen MR) is 44.9 cm³/mol. The highest BCUT2D eigenvalue weighted by Gasteiger charge is 2.42. The monoisotopic (exact) mass is 136 g/mol. The lowest BCUT2D eigenvalue weighted by molar-refractivity contribution is 0.579. The van der Waals surface area contributed by atoms with Gasteiger partial charge < -0.3 is 0 Å². The van der Waals surface area contributed by atoms with Crippen molar-refractivity contribution in [3.8, 4) is 0 Å². The third kappa shape index (κ3) is 1.33. The standard InChI is InChI=1S/C10H16/c1-5-10(4)7-9(10)6-8(2)3/h5,7H2,1-4H3. The molecule has 0 aromatic rings. The third-order valence-corrected chi connectivity index (χ3v) is 2.35. The van der Waals surface area contributed by atoms with Gasteiger partial charge in [-0.25, -0.2) is 0 Å². The van der Waals surface area contributed by atoms with E-state index in [1.54, 1.807) is 0 Å². The summed E-state index contributed by atoms with van der Waals surface area (Å²) in [6.07, 6.45) is 2.54. The van der Waals surface area contributed by atoms with Crippen molar-refractivity contribution in [1.29, 1.82) is 0 Å². The van der Waals surface area contributed by atoms with Crippen molar-refractivity contribution in [1.82, 2.24) is 0 Å². The van der Waals surface area contributed by atoms with Crippen molar-refractivity contribution >= 4 is 0 Å². The second-order valence-electron chi connectivity index (χ2n) is 3.69. The zero-order chi connectivity index (χ0) is 7.78. The predicted octanol–water partition coefficient (Wildman–Crippen LogP) is 3.30. The summed E-state index contributed by atoms with van der Waals surface area (Å²) in [5.41, 5.74) is 6.75. The van der Waals surface area contributed by atoms with Gasteiger partial charge >= 0.3 is 0 Å². The van der Waals surface area contributed by atoms with Crippen molar-refractivity contribution in [2.75, 3.05) is 0 Å². The average Bonchev–Trinajstić information content (AvgIpc) is 2.43. The first kappa shape index (κ1) is 7.63. The Morgan fingerprint density at radius 2 is 2.20 bits per heavy atom. The second kappa shape index (κ2) is 2.29. The van der Waals surface area contributed by atoms with Gasteiger partial charge in [-0.1, -0.05) is 13.8 Å². The summed E-state index contributed by atoms with van der Waals surface area (Å²) in [5.74, 6) is 0. The van der Waals surface area contributed by atoms with Gasteiger partial charge in [0.1, 0.15) is 0 Å². The Kier molecular flexibility index (Phi) is 1.74. The lowest BCUT2D eigenvalue weighted by Crippen LogP contribution is -1.87. The molecule has 0 aromatic carbocycles. The maximum atomic E-state index is 3.39. The maximum Gasteiger partial charge on any atom is 0.0000571 e. The van der Waals surface area contributed by atoms with E-state index in [-0.39, 0.29) is 0 Å². The van der Waals surface area contributed by atoms with E-state index in [4.69, 9.17) is 0 Å². The Balaban J connectivity index is 2.78. The van der Waals surface area contributed by atoms with Gasteiger partial charge in [-0.3, -0.25) is 0 Å². The van der Waals surface area contributed by atoms with Crippen LogP contribution in [0.25, 0.3) is 0 Å². The van der Waals surface area contributed by atoms with E-state index >= 15 is 0 Å². The van der Waals surface area contributed by atoms with Gasteiger partial charge in [0, 0.05) is 5.41 Å². The molecular formula is C10H16. The van der Waals surface area contributed by atoms with Gasteiger partial charge in [0.05, 0.1) is 0 Å². The zero-order valence-electron chi connectivity index (χ0n) is 7.41. The van der Waals surface area contributed by atoms with E-state index in [2.05, 4.69) is 33.4 Å². The molecule has 1 aliphatic carbocycles. The molecule has 1 atom stereocenters. The van der Waals surface area contributed by atoms with Gasteiger partial charge in [0.2, 0.25) is 0 Å². The van der Waals surface area contributed by atoms with Crippen LogP contribution in [0.2, 0.25) is 0 Å². The first-order chi connectivity index (χ1) is 4.58. The number of allylic oxidation sites excluding steroid dienone is 1. The van der Waals surface area contributed by atoms with E-state index in [9.17, 15) is 0 Å². The number of hydrogen-bond acceptors (Lipinski definition) is 0. The minimum Gasteiger partial charge on any atom is -0.123 e. The molecule has 0 aromatic heterocycles. The van der Waals surface area contributed by atoms with E-state index in [0.717, 1.165) is 0 Å². The summed E-state index contributed by atoms with van der Waals surface area (Å²) >= 11 is 0. The minimum absolute atomic E-state index is 0.525. The van der Waals surface area contributed by atoms with Crippen LogP contribution in [0.4, 0.5) is 0 Å². The van der Waals surface area contributed by atoms with Crippen LogP contribution < -0.4 is 0 Å². The van der Waals surface area contributed by atoms with Gasteiger partial charge in [0.25, 0.3) is 0 Å². The fourth-order valence-electron chi connectivity index (χ4n) is 1.18. The summed E-state index contributed by atoms with van der Waals surface area (Å²) in [6, 6.07) is 0. The summed E-state index contributed by atoms with van der Waals surface area (Å²) in [5, 5.41) is 0. The van der Waals surface area contributed by atoms with Crippen molar-refractivity contribution in [2.45, 2.75) is 40.5 Å². The van der Waals surface area contributed by atoms with Crippen LogP contribution in [0.5, 0.6) is 0 Å². The molecule has 0 radical (unpaired) electrons. The molecule has 1 aliphatic rings. The van der Waals surface area contributed by atoms with E-state index in [1.807, 2.05) is 0 Å². The normalized spacial score (nSPS) is 29.8. The Labute approximate surface area is 63.6 Å². The molecule has 0 amide bonds. The molecule has 0 spiro atoms. The molecule has 1 saturated carbocycles. The van der Waals surface area contributed by atoms with Crippen LogP contribution in [0, 0.1) is 5.41 Å². The van der Waals surface area contributed by atoms with Crippen LogP contribution in [-0.2, 0) is 0 Å². The van der Waals surface area contributed by atoms with E-state index in [0.29, 0.717) is 5.41 Å². The van der Waals surface area contributed by atoms with Crippen LogP contribution >= 0.6 is 0 Å². The van der Waals surface area contributed by atoms with Crippen LogP contribution in [0.1, 0.15) is 40.5 Å². The third-order valence-electron chi connectivity index (χ3n) is 2.35. The van der Waals surface area contributed by atoms with Gasteiger partial charge in [-0.15, -0.1) is 5.73 Å². The molecule has 1 unspecified atom stereocenters. The lowest BCUT2D eigenvalue weighted by Gasteiger charge is -1.97. The molecule has 1 rings (SSSR count). The lowest BCUT2D eigenvalue weighted by atomic mass is 10.1. The van der Waals surface area contributed by atoms with Gasteiger partial charge in [0.15, 0.2) is 0 Å². The number of rotatable bonds is 1. The van der Waals surface area contributed by atoms with Crippen molar-refractivity contribution in [2.24, 2.45) is 5.41 Å². The molecule has 1 fully saturated rings. The summed E-state index contributed by atoms with van der Waals surface area (Å²) in [6.45, 7) is 8.79. The quantitative estimate of drug-likeness (QED) is 0.485. The summed E-state index contributed by atoms with van der Waals surface area (Å²) in [7, 11) is 0. The average molecular weight is 136 g/mol. The van der Waals surface area contributed by atoms with E-state index < -0.39 is 0 Å². The zero-order valence-corrected chi connectivity index (χ0v) is 7.41. The Morgan fingerprint density at radius 3 is 2.50 bits per heavy atom. The molecule has 0 N–H and O–H groups in total. The molecule has 0 nitrogen and oxygen atoms in total. The summed E-state index contributed by atoms with van der Waals surface area (Å²) in [4.78, 5) is 0. The summed E-state index contributed by atoms with van der Waals surface area (Å²) < 4.78 is 0. The Morgan fingerprint density at radius 1 is 1.60 bits per heavy atom. The number of hydrogen-bond donors (Lipinski definition) is 0. The minimum atomic E-state index is 0.525. The van der Waals surface area contributed by atoms with Crippen molar-refractivity contribution < 1.29 is 0 Å². The molecule has 0 saturated heterocycles. The Hall–Kier alpha value is -0.480. The molecule has 0 heteroatoms. The molecule has 56 valence electrons. The molecule has 0 aliphatic heterocycles. The highest BCUT2D eigenvalue weighted by molar-refractivity contribution is 5.31. The highest BCUT2D eigenvalue weighted by atomic mass is 14.4.